The van der Waals surface area contributed by atoms with Gasteiger partial charge in [0.1, 0.15) is 28.9 Å². The highest BCUT2D eigenvalue weighted by molar-refractivity contribution is 6.19. The zero-order valence-corrected chi connectivity index (χ0v) is 18.8. The maximum Gasteiger partial charge on any atom is 0.284 e. The molecule has 0 atom stereocenters. The standard InChI is InChI=1S/C26H19N3O6/c1-16-21(25(30)28(26(31)22(16)14-27)15-17-6-4-3-5-7-17)12-19-9-11-24(35-19)20-10-8-18(34-2)13-23(20)29(32)33/h3-13H,15H2,1-2H3/b21-12+. The van der Waals surface area contributed by atoms with E-state index in [4.69, 9.17) is 9.15 Å². The number of ether oxygens (including phenoxy) is 1. The Balaban J connectivity index is 1.73. The van der Waals surface area contributed by atoms with Gasteiger partial charge in [0, 0.05) is 5.57 Å². The average molecular weight is 469 g/mol. The summed E-state index contributed by atoms with van der Waals surface area (Å²) < 4.78 is 10.9. The van der Waals surface area contributed by atoms with Crippen LogP contribution in [0.2, 0.25) is 0 Å². The van der Waals surface area contributed by atoms with E-state index in [2.05, 4.69) is 0 Å². The van der Waals surface area contributed by atoms with E-state index in [0.717, 1.165) is 10.5 Å². The molecule has 0 fully saturated rings. The third-order valence-electron chi connectivity index (χ3n) is 5.59. The van der Waals surface area contributed by atoms with Gasteiger partial charge < -0.3 is 9.15 Å². The predicted octanol–water partition coefficient (Wildman–Crippen LogP) is 4.66. The second-order valence-electron chi connectivity index (χ2n) is 7.69. The normalized spacial score (nSPS) is 14.9. The molecule has 3 aromatic rings. The number of amides is 2. The van der Waals surface area contributed by atoms with Gasteiger partial charge in [0.05, 0.1) is 30.2 Å². The molecule has 0 bridgehead atoms. The second kappa shape index (κ2) is 9.49. The third-order valence-corrected chi connectivity index (χ3v) is 5.59. The molecule has 0 N–H and O–H groups in total. The van der Waals surface area contributed by atoms with Crippen LogP contribution in [0.15, 0.2) is 81.8 Å². The van der Waals surface area contributed by atoms with E-state index in [1.807, 2.05) is 12.1 Å². The molecular formula is C26H19N3O6. The maximum absolute atomic E-state index is 13.3. The number of methoxy groups -OCH3 is 1. The Kier molecular flexibility index (Phi) is 6.29. The van der Waals surface area contributed by atoms with Gasteiger partial charge in [0.25, 0.3) is 17.5 Å². The van der Waals surface area contributed by atoms with Crippen molar-refractivity contribution < 1.29 is 23.7 Å². The van der Waals surface area contributed by atoms with Crippen molar-refractivity contribution in [3.8, 4) is 23.1 Å². The lowest BCUT2D eigenvalue weighted by atomic mass is 9.94. The van der Waals surface area contributed by atoms with Crippen molar-refractivity contribution >= 4 is 23.6 Å². The number of furan rings is 1. The van der Waals surface area contributed by atoms with Crippen molar-refractivity contribution in [2.45, 2.75) is 13.5 Å². The number of carbonyl (C=O) groups excluding carboxylic acids is 2. The van der Waals surface area contributed by atoms with Crippen LogP contribution >= 0.6 is 0 Å². The molecule has 1 aromatic heterocycles. The number of carbonyl (C=O) groups is 2. The Morgan fingerprint density at radius 1 is 1.11 bits per heavy atom. The Hall–Kier alpha value is -4.97. The molecule has 35 heavy (non-hydrogen) atoms. The molecule has 0 unspecified atom stereocenters. The molecule has 0 saturated carbocycles. The van der Waals surface area contributed by atoms with Crippen LogP contribution in [-0.2, 0) is 16.1 Å². The van der Waals surface area contributed by atoms with Gasteiger partial charge in [-0.3, -0.25) is 24.6 Å². The minimum absolute atomic E-state index is 0.00968. The van der Waals surface area contributed by atoms with Crippen molar-refractivity contribution in [2.75, 3.05) is 7.11 Å². The smallest absolute Gasteiger partial charge is 0.284 e. The van der Waals surface area contributed by atoms with E-state index in [0.29, 0.717) is 5.75 Å². The molecule has 2 amide bonds. The number of nitriles is 1. The summed E-state index contributed by atoms with van der Waals surface area (Å²) in [4.78, 5) is 38.1. The van der Waals surface area contributed by atoms with Crippen LogP contribution in [-0.4, -0.2) is 28.7 Å². The molecule has 2 heterocycles. The summed E-state index contributed by atoms with van der Waals surface area (Å²) in [6.45, 7) is 1.54. The molecule has 174 valence electrons. The minimum atomic E-state index is -0.662. The maximum atomic E-state index is 13.3. The third kappa shape index (κ3) is 4.45. The molecule has 9 heteroatoms. The molecular weight excluding hydrogens is 450 g/mol. The van der Waals surface area contributed by atoms with E-state index in [1.54, 1.807) is 42.5 Å². The summed E-state index contributed by atoms with van der Waals surface area (Å²) >= 11 is 0. The van der Waals surface area contributed by atoms with Gasteiger partial charge in [-0.1, -0.05) is 30.3 Å². The van der Waals surface area contributed by atoms with Crippen LogP contribution < -0.4 is 4.74 Å². The van der Waals surface area contributed by atoms with Gasteiger partial charge in [-0.2, -0.15) is 5.26 Å². The van der Waals surface area contributed by atoms with E-state index < -0.39 is 16.7 Å². The Bertz CT molecular complexity index is 1440. The fourth-order valence-corrected chi connectivity index (χ4v) is 3.75. The molecule has 0 spiro atoms. The van der Waals surface area contributed by atoms with Crippen LogP contribution in [0.3, 0.4) is 0 Å². The Morgan fingerprint density at radius 2 is 1.86 bits per heavy atom. The first-order chi connectivity index (χ1) is 16.8. The molecule has 9 nitrogen and oxygen atoms in total. The number of nitro groups is 1. The van der Waals surface area contributed by atoms with Gasteiger partial charge in [0.15, 0.2) is 0 Å². The number of benzene rings is 2. The molecule has 4 rings (SSSR count). The predicted molar refractivity (Wildman–Crippen MR) is 126 cm³/mol. The summed E-state index contributed by atoms with van der Waals surface area (Å²) in [5, 5.41) is 21.1. The lowest BCUT2D eigenvalue weighted by Gasteiger charge is -2.27. The molecule has 0 aliphatic carbocycles. The number of hydrogen-bond acceptors (Lipinski definition) is 7. The molecule has 0 saturated heterocycles. The summed E-state index contributed by atoms with van der Waals surface area (Å²) in [5.74, 6) is -0.447. The van der Waals surface area contributed by atoms with E-state index in [1.165, 1.54) is 32.2 Å². The first-order valence-electron chi connectivity index (χ1n) is 10.5. The summed E-state index contributed by atoms with van der Waals surface area (Å²) in [6, 6.07) is 18.3. The summed E-state index contributed by atoms with van der Waals surface area (Å²) in [5.41, 5.74) is 1.000. The monoisotopic (exact) mass is 469 g/mol. The van der Waals surface area contributed by atoms with E-state index in [-0.39, 0.29) is 46.0 Å². The molecule has 1 aliphatic rings. The van der Waals surface area contributed by atoms with Crippen molar-refractivity contribution in [3.63, 3.8) is 0 Å². The highest BCUT2D eigenvalue weighted by atomic mass is 16.6. The Morgan fingerprint density at radius 3 is 2.51 bits per heavy atom. The zero-order valence-electron chi connectivity index (χ0n) is 18.8. The van der Waals surface area contributed by atoms with Crippen LogP contribution in [0.1, 0.15) is 18.2 Å². The number of rotatable bonds is 6. The van der Waals surface area contributed by atoms with Crippen LogP contribution in [0, 0.1) is 21.4 Å². The molecule has 2 aromatic carbocycles. The van der Waals surface area contributed by atoms with Gasteiger partial charge in [-0.15, -0.1) is 0 Å². The van der Waals surface area contributed by atoms with Crippen molar-refractivity contribution in [2.24, 2.45) is 0 Å². The fourth-order valence-electron chi connectivity index (χ4n) is 3.75. The molecule has 0 radical (unpaired) electrons. The summed E-state index contributed by atoms with van der Waals surface area (Å²) in [6.07, 6.45) is 1.43. The van der Waals surface area contributed by atoms with Crippen LogP contribution in [0.25, 0.3) is 17.4 Å². The van der Waals surface area contributed by atoms with Crippen LogP contribution in [0.4, 0.5) is 5.69 Å². The Labute approximate surface area is 200 Å². The highest BCUT2D eigenvalue weighted by Crippen LogP contribution is 2.35. The van der Waals surface area contributed by atoms with Gasteiger partial charge in [-0.25, -0.2) is 0 Å². The molecule has 1 aliphatic heterocycles. The minimum Gasteiger partial charge on any atom is -0.497 e. The SMILES string of the molecule is COc1ccc(-c2ccc(/C=C3/C(=O)N(Cc4ccccc4)C(=O)C(C#N)=C3C)o2)c([N+](=O)[O-])c1. The fraction of sp³-hybridized carbons (Fsp3) is 0.115. The number of hydrogen-bond donors (Lipinski definition) is 0. The van der Waals surface area contributed by atoms with Crippen molar-refractivity contribution in [1.29, 1.82) is 5.26 Å². The number of nitro benzene ring substituents is 1. The topological polar surface area (TPSA) is 127 Å². The lowest BCUT2D eigenvalue weighted by Crippen LogP contribution is -2.42. The largest absolute Gasteiger partial charge is 0.497 e. The summed E-state index contributed by atoms with van der Waals surface area (Å²) in [7, 11) is 1.41. The van der Waals surface area contributed by atoms with Crippen molar-refractivity contribution in [3.05, 3.63) is 98.8 Å². The quantitative estimate of drug-likeness (QED) is 0.222. The highest BCUT2D eigenvalue weighted by Gasteiger charge is 2.35. The van der Waals surface area contributed by atoms with Gasteiger partial charge >= 0.3 is 0 Å². The van der Waals surface area contributed by atoms with Crippen molar-refractivity contribution in [1.82, 2.24) is 4.90 Å². The number of nitrogens with zero attached hydrogens (tertiary/aromatic N) is 3. The first kappa shape index (κ1) is 23.2. The lowest BCUT2D eigenvalue weighted by molar-refractivity contribution is -0.384. The van der Waals surface area contributed by atoms with Gasteiger partial charge in [-0.05, 0) is 48.4 Å². The zero-order chi connectivity index (χ0) is 25.1. The second-order valence-corrected chi connectivity index (χ2v) is 7.69. The van der Waals surface area contributed by atoms with E-state index >= 15 is 0 Å². The van der Waals surface area contributed by atoms with Gasteiger partial charge in [0.2, 0.25) is 0 Å². The van der Waals surface area contributed by atoms with Crippen LogP contribution in [0.5, 0.6) is 5.75 Å². The van der Waals surface area contributed by atoms with E-state index in [9.17, 15) is 25.0 Å². The first-order valence-corrected chi connectivity index (χ1v) is 10.5. The number of imide groups is 1. The average Bonchev–Trinajstić information content (AvgIpc) is 3.33.